The molecule has 3 rings (SSSR count). The van der Waals surface area contributed by atoms with E-state index in [1.807, 2.05) is 54.6 Å². The van der Waals surface area contributed by atoms with Crippen molar-refractivity contribution in [3.05, 3.63) is 77.1 Å². The molecule has 4 heteroatoms. The first-order valence-electron chi connectivity index (χ1n) is 6.76. The molecular weight excluding hydrogens is 294 g/mol. The van der Waals surface area contributed by atoms with E-state index < -0.39 is 0 Å². The molecule has 0 aliphatic heterocycles. The Kier molecular flexibility index (Phi) is 4.04. The summed E-state index contributed by atoms with van der Waals surface area (Å²) in [6.07, 6.45) is 5.39. The van der Waals surface area contributed by atoms with E-state index in [0.29, 0.717) is 16.4 Å². The molecule has 0 aliphatic carbocycles. The van der Waals surface area contributed by atoms with Crippen LogP contribution in [-0.2, 0) is 0 Å². The molecule has 1 aromatic heterocycles. The second-order valence-electron chi connectivity index (χ2n) is 4.68. The summed E-state index contributed by atoms with van der Waals surface area (Å²) in [6.45, 7) is 0. The van der Waals surface area contributed by atoms with E-state index in [2.05, 4.69) is 16.0 Å². The molecule has 1 N–H and O–H groups in total. The number of halogens is 1. The lowest BCUT2D eigenvalue weighted by Gasteiger charge is -1.95. The van der Waals surface area contributed by atoms with Crippen molar-refractivity contribution in [1.29, 1.82) is 5.26 Å². The maximum absolute atomic E-state index is 9.32. The standard InChI is InChI=1S/C18H12ClN3/c19-15-9-2-1-6-13(15)7-5-8-14(12-20)18-21-16-10-3-4-11-17(16)22-18/h1-11H,(H,21,22). The molecule has 0 unspecified atom stereocenters. The van der Waals surface area contributed by atoms with Gasteiger partial charge >= 0.3 is 0 Å². The van der Waals surface area contributed by atoms with Crippen LogP contribution in [0.4, 0.5) is 0 Å². The average molecular weight is 306 g/mol. The Hall–Kier alpha value is -2.83. The van der Waals surface area contributed by atoms with Gasteiger partial charge < -0.3 is 4.98 Å². The molecule has 0 atom stereocenters. The van der Waals surface area contributed by atoms with Gasteiger partial charge in [0.05, 0.1) is 16.6 Å². The highest BCUT2D eigenvalue weighted by Gasteiger charge is 2.06. The highest BCUT2D eigenvalue weighted by molar-refractivity contribution is 6.32. The highest BCUT2D eigenvalue weighted by atomic mass is 35.5. The first-order chi connectivity index (χ1) is 10.8. The molecule has 0 bridgehead atoms. The largest absolute Gasteiger partial charge is 0.337 e. The fourth-order valence-corrected chi connectivity index (χ4v) is 2.31. The van der Waals surface area contributed by atoms with Crippen LogP contribution in [-0.4, -0.2) is 9.97 Å². The summed E-state index contributed by atoms with van der Waals surface area (Å²) < 4.78 is 0. The zero-order valence-corrected chi connectivity index (χ0v) is 12.4. The fourth-order valence-electron chi connectivity index (χ4n) is 2.11. The maximum Gasteiger partial charge on any atom is 0.149 e. The summed E-state index contributed by atoms with van der Waals surface area (Å²) in [6, 6.07) is 17.4. The first-order valence-corrected chi connectivity index (χ1v) is 7.14. The van der Waals surface area contributed by atoms with Crippen molar-refractivity contribution in [2.75, 3.05) is 0 Å². The monoisotopic (exact) mass is 305 g/mol. The van der Waals surface area contributed by atoms with E-state index in [0.717, 1.165) is 16.6 Å². The topological polar surface area (TPSA) is 52.5 Å². The van der Waals surface area contributed by atoms with Crippen LogP contribution >= 0.6 is 11.6 Å². The number of allylic oxidation sites excluding steroid dienone is 3. The van der Waals surface area contributed by atoms with Gasteiger partial charge in [0.2, 0.25) is 0 Å². The number of hydrogen-bond donors (Lipinski definition) is 1. The van der Waals surface area contributed by atoms with Gasteiger partial charge in [-0.15, -0.1) is 0 Å². The van der Waals surface area contributed by atoms with E-state index >= 15 is 0 Å². The Bertz CT molecular complexity index is 880. The van der Waals surface area contributed by atoms with Gasteiger partial charge in [-0.3, -0.25) is 0 Å². The van der Waals surface area contributed by atoms with Gasteiger partial charge in [0.1, 0.15) is 11.9 Å². The summed E-state index contributed by atoms with van der Waals surface area (Å²) >= 11 is 6.09. The number of nitriles is 1. The molecule has 3 aromatic rings. The molecule has 22 heavy (non-hydrogen) atoms. The lowest BCUT2D eigenvalue weighted by Crippen LogP contribution is -1.83. The normalized spacial score (nSPS) is 11.9. The number of hydrogen-bond acceptors (Lipinski definition) is 2. The van der Waals surface area contributed by atoms with Crippen LogP contribution < -0.4 is 0 Å². The number of nitrogens with zero attached hydrogens (tertiary/aromatic N) is 2. The Labute approximate surface area is 133 Å². The molecular formula is C18H12ClN3. The van der Waals surface area contributed by atoms with E-state index in [1.165, 1.54) is 0 Å². The fraction of sp³-hybridized carbons (Fsp3) is 0. The van der Waals surface area contributed by atoms with Crippen molar-refractivity contribution in [3.63, 3.8) is 0 Å². The van der Waals surface area contributed by atoms with E-state index in [-0.39, 0.29) is 0 Å². The molecule has 1 heterocycles. The smallest absolute Gasteiger partial charge is 0.149 e. The van der Waals surface area contributed by atoms with Crippen LogP contribution in [0.1, 0.15) is 11.4 Å². The first kappa shape index (κ1) is 14.1. The van der Waals surface area contributed by atoms with Crippen LogP contribution in [0, 0.1) is 11.3 Å². The van der Waals surface area contributed by atoms with Crippen molar-refractivity contribution in [2.24, 2.45) is 0 Å². The number of H-pyrrole nitrogens is 1. The minimum Gasteiger partial charge on any atom is -0.337 e. The Morgan fingerprint density at radius 1 is 1.14 bits per heavy atom. The number of benzene rings is 2. The van der Waals surface area contributed by atoms with Crippen molar-refractivity contribution in [2.45, 2.75) is 0 Å². The molecule has 0 spiro atoms. The summed E-state index contributed by atoms with van der Waals surface area (Å²) in [7, 11) is 0. The van der Waals surface area contributed by atoms with Gasteiger partial charge in [0.25, 0.3) is 0 Å². The lowest BCUT2D eigenvalue weighted by molar-refractivity contribution is 1.27. The van der Waals surface area contributed by atoms with Crippen molar-refractivity contribution in [3.8, 4) is 6.07 Å². The average Bonchev–Trinajstić information content (AvgIpc) is 2.97. The second kappa shape index (κ2) is 6.30. The summed E-state index contributed by atoms with van der Waals surface area (Å²) in [5, 5.41) is 9.99. The summed E-state index contributed by atoms with van der Waals surface area (Å²) in [5.41, 5.74) is 3.13. The third-order valence-electron chi connectivity index (χ3n) is 3.21. The number of aromatic amines is 1. The minimum absolute atomic E-state index is 0.472. The zero-order valence-electron chi connectivity index (χ0n) is 11.6. The Balaban J connectivity index is 1.91. The minimum atomic E-state index is 0.472. The zero-order chi connectivity index (χ0) is 15.4. The van der Waals surface area contributed by atoms with Crippen molar-refractivity contribution >= 4 is 34.3 Å². The van der Waals surface area contributed by atoms with Gasteiger partial charge in [-0.05, 0) is 29.8 Å². The summed E-state index contributed by atoms with van der Waals surface area (Å²) in [5.74, 6) is 0.563. The summed E-state index contributed by atoms with van der Waals surface area (Å²) in [4.78, 5) is 7.57. The van der Waals surface area contributed by atoms with Gasteiger partial charge in [-0.1, -0.05) is 54.1 Å². The molecule has 0 amide bonds. The maximum atomic E-state index is 9.32. The predicted molar refractivity (Wildman–Crippen MR) is 90.2 cm³/mol. The number of aromatic nitrogens is 2. The van der Waals surface area contributed by atoms with E-state index in [1.54, 1.807) is 12.2 Å². The van der Waals surface area contributed by atoms with Gasteiger partial charge in [-0.25, -0.2) is 4.98 Å². The van der Waals surface area contributed by atoms with Crippen LogP contribution in [0.3, 0.4) is 0 Å². The lowest BCUT2D eigenvalue weighted by atomic mass is 10.2. The Morgan fingerprint density at radius 3 is 2.68 bits per heavy atom. The SMILES string of the molecule is N#CC(=CC=Cc1ccccc1Cl)c1nc2ccccc2[nH]1. The molecule has 0 saturated heterocycles. The third-order valence-corrected chi connectivity index (χ3v) is 3.55. The van der Waals surface area contributed by atoms with Crippen molar-refractivity contribution < 1.29 is 0 Å². The highest BCUT2D eigenvalue weighted by Crippen LogP contribution is 2.18. The van der Waals surface area contributed by atoms with Crippen molar-refractivity contribution in [1.82, 2.24) is 9.97 Å². The van der Waals surface area contributed by atoms with Gasteiger partial charge in [-0.2, -0.15) is 5.26 Å². The molecule has 0 fully saturated rings. The molecule has 0 radical (unpaired) electrons. The van der Waals surface area contributed by atoms with E-state index in [4.69, 9.17) is 11.6 Å². The molecule has 3 nitrogen and oxygen atoms in total. The van der Waals surface area contributed by atoms with Crippen LogP contribution in [0.2, 0.25) is 5.02 Å². The number of nitrogens with one attached hydrogen (secondary N) is 1. The number of rotatable bonds is 3. The number of para-hydroxylation sites is 2. The molecule has 0 aliphatic rings. The third kappa shape index (κ3) is 2.93. The second-order valence-corrected chi connectivity index (χ2v) is 5.08. The van der Waals surface area contributed by atoms with Crippen LogP contribution in [0.5, 0.6) is 0 Å². The van der Waals surface area contributed by atoms with Gasteiger partial charge in [0, 0.05) is 5.02 Å². The number of imidazole rings is 1. The number of fused-ring (bicyclic) bond motifs is 1. The molecule has 2 aromatic carbocycles. The molecule has 0 saturated carbocycles. The molecule has 106 valence electrons. The van der Waals surface area contributed by atoms with E-state index in [9.17, 15) is 5.26 Å². The predicted octanol–water partition coefficient (Wildman–Crippen LogP) is 4.84. The van der Waals surface area contributed by atoms with Crippen LogP contribution in [0.25, 0.3) is 22.7 Å². The van der Waals surface area contributed by atoms with Gasteiger partial charge in [0.15, 0.2) is 0 Å². The van der Waals surface area contributed by atoms with Crippen LogP contribution in [0.15, 0.2) is 60.7 Å². The quantitative estimate of drug-likeness (QED) is 0.556. The Morgan fingerprint density at radius 2 is 1.91 bits per heavy atom.